The molecule has 0 saturated heterocycles. The Balaban J connectivity index is 1.98. The van der Waals surface area contributed by atoms with Gasteiger partial charge in [-0.05, 0) is 22.0 Å². The fourth-order valence-corrected chi connectivity index (χ4v) is 3.40. The minimum absolute atomic E-state index is 0.139. The maximum Gasteiger partial charge on any atom is 0.273 e. The molecule has 0 amide bonds. The Hall–Kier alpha value is -0.950. The Morgan fingerprint density at radius 1 is 1.37 bits per heavy atom. The third-order valence-corrected chi connectivity index (χ3v) is 4.97. The molecule has 1 N–H and O–H groups in total. The molecule has 4 nitrogen and oxygen atoms in total. The summed E-state index contributed by atoms with van der Waals surface area (Å²) in [4.78, 5) is 11.6. The summed E-state index contributed by atoms with van der Waals surface area (Å²) >= 11 is 10.8. The average molecular weight is 362 g/mol. The summed E-state index contributed by atoms with van der Waals surface area (Å²) in [7, 11) is 0. The van der Waals surface area contributed by atoms with E-state index in [9.17, 15) is 10.1 Å². The highest BCUT2D eigenvalue weighted by Crippen LogP contribution is 2.31. The summed E-state index contributed by atoms with van der Waals surface area (Å²) in [6.07, 6.45) is 0. The number of para-hydroxylation sites is 1. The minimum Gasteiger partial charge on any atom is -0.308 e. The van der Waals surface area contributed by atoms with Crippen molar-refractivity contribution in [2.45, 2.75) is 13.1 Å². The van der Waals surface area contributed by atoms with Gasteiger partial charge >= 0.3 is 0 Å². The highest BCUT2D eigenvalue weighted by atomic mass is 79.9. The third-order valence-electron chi connectivity index (χ3n) is 2.50. The number of nitrogens with zero attached hydrogens (tertiary/aromatic N) is 1. The number of thiophene rings is 1. The zero-order valence-corrected chi connectivity index (χ0v) is 12.9. The molecule has 0 fully saturated rings. The van der Waals surface area contributed by atoms with E-state index in [-0.39, 0.29) is 10.6 Å². The van der Waals surface area contributed by atoms with Gasteiger partial charge in [0.15, 0.2) is 0 Å². The van der Waals surface area contributed by atoms with Crippen molar-refractivity contribution < 1.29 is 4.92 Å². The van der Waals surface area contributed by atoms with Gasteiger partial charge in [-0.25, -0.2) is 0 Å². The molecule has 2 aromatic rings. The van der Waals surface area contributed by atoms with Crippen LogP contribution < -0.4 is 5.32 Å². The molecule has 0 atom stereocenters. The average Bonchev–Trinajstić information content (AvgIpc) is 2.69. The van der Waals surface area contributed by atoms with E-state index in [2.05, 4.69) is 21.2 Å². The van der Waals surface area contributed by atoms with Crippen LogP contribution in [0.4, 0.5) is 5.69 Å². The van der Waals surface area contributed by atoms with Crippen molar-refractivity contribution in [3.8, 4) is 0 Å². The molecule has 2 rings (SSSR count). The Labute approximate surface area is 127 Å². The summed E-state index contributed by atoms with van der Waals surface area (Å²) in [6, 6.07) is 8.66. The van der Waals surface area contributed by atoms with E-state index < -0.39 is 0 Å². The predicted molar refractivity (Wildman–Crippen MR) is 80.7 cm³/mol. The molecular weight excluding hydrogens is 352 g/mol. The smallest absolute Gasteiger partial charge is 0.273 e. The van der Waals surface area contributed by atoms with E-state index in [1.165, 1.54) is 17.4 Å². The lowest BCUT2D eigenvalue weighted by Crippen LogP contribution is -2.12. The van der Waals surface area contributed by atoms with Crippen LogP contribution in [-0.2, 0) is 13.1 Å². The molecular formula is C12H10BrClN2O2S. The van der Waals surface area contributed by atoms with Crippen molar-refractivity contribution in [3.63, 3.8) is 0 Å². The lowest BCUT2D eigenvalue weighted by molar-refractivity contribution is -0.385. The number of rotatable bonds is 5. The largest absolute Gasteiger partial charge is 0.308 e. The molecule has 0 spiro atoms. The number of hydrogen-bond donors (Lipinski definition) is 1. The van der Waals surface area contributed by atoms with Gasteiger partial charge in [0.25, 0.3) is 5.69 Å². The van der Waals surface area contributed by atoms with Crippen LogP contribution in [0.25, 0.3) is 0 Å². The van der Waals surface area contributed by atoms with E-state index in [4.69, 9.17) is 11.6 Å². The quantitative estimate of drug-likeness (QED) is 0.636. The van der Waals surface area contributed by atoms with Crippen molar-refractivity contribution in [2.24, 2.45) is 0 Å². The Bertz CT molecular complexity index is 584. The molecule has 0 radical (unpaired) electrons. The first-order valence-electron chi connectivity index (χ1n) is 5.44. The van der Waals surface area contributed by atoms with Crippen LogP contribution in [0, 0.1) is 10.1 Å². The van der Waals surface area contributed by atoms with Crippen molar-refractivity contribution >= 4 is 44.6 Å². The lowest BCUT2D eigenvalue weighted by atomic mass is 10.2. The number of halogens is 2. The van der Waals surface area contributed by atoms with Crippen LogP contribution >= 0.6 is 38.9 Å². The maximum atomic E-state index is 10.9. The minimum atomic E-state index is -0.365. The second-order valence-corrected chi connectivity index (χ2v) is 6.42. The van der Waals surface area contributed by atoms with Crippen LogP contribution in [-0.4, -0.2) is 4.92 Å². The summed E-state index contributed by atoms with van der Waals surface area (Å²) in [5, 5.41) is 14.0. The molecule has 0 bridgehead atoms. The van der Waals surface area contributed by atoms with E-state index in [0.29, 0.717) is 23.0 Å². The van der Waals surface area contributed by atoms with E-state index in [1.54, 1.807) is 18.2 Å². The maximum absolute atomic E-state index is 10.9. The number of benzene rings is 1. The van der Waals surface area contributed by atoms with E-state index >= 15 is 0 Å². The van der Waals surface area contributed by atoms with Gasteiger partial charge in [-0.2, -0.15) is 0 Å². The van der Waals surface area contributed by atoms with Gasteiger partial charge in [0.2, 0.25) is 0 Å². The van der Waals surface area contributed by atoms with Gasteiger partial charge in [-0.3, -0.25) is 10.1 Å². The lowest BCUT2D eigenvalue weighted by Gasteiger charge is -2.04. The highest BCUT2D eigenvalue weighted by Gasteiger charge is 2.11. The summed E-state index contributed by atoms with van der Waals surface area (Å²) in [5.41, 5.74) is 0.814. The fourth-order valence-electron chi connectivity index (χ4n) is 1.64. The first-order valence-corrected chi connectivity index (χ1v) is 7.43. The Kier molecular flexibility index (Phi) is 4.93. The fraction of sp³-hybridized carbons (Fsp3) is 0.167. The zero-order valence-electron chi connectivity index (χ0n) is 9.73. The van der Waals surface area contributed by atoms with Gasteiger partial charge < -0.3 is 5.32 Å². The molecule has 1 heterocycles. The molecule has 1 aromatic carbocycles. The van der Waals surface area contributed by atoms with Crippen LogP contribution in [0.5, 0.6) is 0 Å². The van der Waals surface area contributed by atoms with E-state index in [1.807, 2.05) is 6.07 Å². The first-order chi connectivity index (χ1) is 9.08. The monoisotopic (exact) mass is 360 g/mol. The topological polar surface area (TPSA) is 55.2 Å². The van der Waals surface area contributed by atoms with Crippen molar-refractivity contribution in [1.82, 2.24) is 5.32 Å². The standard InChI is InChI=1S/C12H10BrClN2O2S/c13-10-5-9(19-12(10)14)7-15-6-8-3-1-2-4-11(8)16(17)18/h1-5,15H,6-7H2. The number of nitro benzene ring substituents is 1. The molecule has 19 heavy (non-hydrogen) atoms. The molecule has 0 saturated carbocycles. The molecule has 0 aliphatic rings. The van der Waals surface area contributed by atoms with Crippen molar-refractivity contribution in [2.75, 3.05) is 0 Å². The SMILES string of the molecule is O=[N+]([O-])c1ccccc1CNCc1cc(Br)c(Cl)s1. The van der Waals surface area contributed by atoms with Crippen LogP contribution in [0.1, 0.15) is 10.4 Å². The Morgan fingerprint density at radius 3 is 2.74 bits per heavy atom. The van der Waals surface area contributed by atoms with Crippen molar-refractivity contribution in [1.29, 1.82) is 0 Å². The zero-order chi connectivity index (χ0) is 13.8. The predicted octanol–water partition coefficient (Wildman–Crippen LogP) is 4.36. The van der Waals surface area contributed by atoms with Crippen LogP contribution in [0.2, 0.25) is 4.34 Å². The van der Waals surface area contributed by atoms with Gasteiger partial charge in [-0.15, -0.1) is 11.3 Å². The number of nitro groups is 1. The molecule has 1 aromatic heterocycles. The summed E-state index contributed by atoms with van der Waals surface area (Å²) in [5.74, 6) is 0. The molecule has 0 aliphatic heterocycles. The third kappa shape index (κ3) is 3.76. The highest BCUT2D eigenvalue weighted by molar-refractivity contribution is 9.10. The molecule has 0 aliphatic carbocycles. The normalized spacial score (nSPS) is 10.6. The Morgan fingerprint density at radius 2 is 2.11 bits per heavy atom. The second-order valence-electron chi connectivity index (χ2n) is 3.82. The van der Waals surface area contributed by atoms with Gasteiger partial charge in [0.1, 0.15) is 4.34 Å². The van der Waals surface area contributed by atoms with Gasteiger partial charge in [0, 0.05) is 34.1 Å². The molecule has 0 unspecified atom stereocenters. The van der Waals surface area contributed by atoms with Crippen LogP contribution in [0.15, 0.2) is 34.8 Å². The van der Waals surface area contributed by atoms with Crippen molar-refractivity contribution in [3.05, 3.63) is 59.7 Å². The van der Waals surface area contributed by atoms with E-state index in [0.717, 1.165) is 9.35 Å². The van der Waals surface area contributed by atoms with Crippen LogP contribution in [0.3, 0.4) is 0 Å². The number of hydrogen-bond acceptors (Lipinski definition) is 4. The van der Waals surface area contributed by atoms with Gasteiger partial charge in [-0.1, -0.05) is 29.8 Å². The second kappa shape index (κ2) is 6.47. The van der Waals surface area contributed by atoms with Gasteiger partial charge in [0.05, 0.1) is 4.92 Å². The molecule has 7 heteroatoms. The summed E-state index contributed by atoms with van der Waals surface area (Å²) in [6.45, 7) is 1.08. The molecule has 100 valence electrons. The number of nitrogens with one attached hydrogen (secondary N) is 1. The first kappa shape index (κ1) is 14.5. The summed E-state index contributed by atoms with van der Waals surface area (Å²) < 4.78 is 1.59.